The Hall–Kier alpha value is -2.99. The summed E-state index contributed by atoms with van der Waals surface area (Å²) in [6.07, 6.45) is 7.67. The largest absolute Gasteiger partial charge is 0.366 e. The van der Waals surface area contributed by atoms with Crippen LogP contribution in [0.3, 0.4) is 0 Å². The number of carbonyl (C=O) groups excluding carboxylic acids is 1. The van der Waals surface area contributed by atoms with E-state index in [0.717, 1.165) is 59.5 Å². The highest BCUT2D eigenvalue weighted by Gasteiger charge is 2.21. The second-order valence-electron chi connectivity index (χ2n) is 8.52. The molecule has 3 rings (SSSR count). The lowest BCUT2D eigenvalue weighted by atomic mass is 9.96. The molecule has 0 radical (unpaired) electrons. The highest BCUT2D eigenvalue weighted by molar-refractivity contribution is 6.13. The van der Waals surface area contributed by atoms with Crippen LogP contribution in [0.25, 0.3) is 0 Å². The molecule has 6 heteroatoms. The van der Waals surface area contributed by atoms with Gasteiger partial charge >= 0.3 is 0 Å². The molecule has 2 aromatic heterocycles. The van der Waals surface area contributed by atoms with Gasteiger partial charge in [0.15, 0.2) is 0 Å². The summed E-state index contributed by atoms with van der Waals surface area (Å²) in [6, 6.07) is 20.2. The molecule has 5 nitrogen and oxygen atoms in total. The molecular weight excluding hydrogens is 412 g/mol. The molecule has 0 aliphatic carbocycles. The van der Waals surface area contributed by atoms with Crippen molar-refractivity contribution in [1.82, 2.24) is 15.3 Å². The SMILES string of the molecule is CC([SiH3])[C@H](CCCCc1ccccn1)C(=O)NCc1ccc(CNc2ccccn2)cc1. The number of aryl methyl sites for hydroxylation is 1. The number of hydrogen-bond acceptors (Lipinski definition) is 4. The van der Waals surface area contributed by atoms with Gasteiger partial charge in [0.05, 0.1) is 0 Å². The first kappa shape index (κ1) is 23.7. The van der Waals surface area contributed by atoms with Crippen molar-refractivity contribution in [3.8, 4) is 0 Å². The molecule has 0 aliphatic heterocycles. The molecule has 1 unspecified atom stereocenters. The maximum absolute atomic E-state index is 12.8. The number of pyridine rings is 2. The number of carbonyl (C=O) groups is 1. The minimum absolute atomic E-state index is 0.104. The molecule has 1 aromatic carbocycles. The lowest BCUT2D eigenvalue weighted by molar-refractivity contribution is -0.125. The van der Waals surface area contributed by atoms with E-state index in [1.807, 2.05) is 36.5 Å². The van der Waals surface area contributed by atoms with Crippen LogP contribution < -0.4 is 10.6 Å². The summed E-state index contributed by atoms with van der Waals surface area (Å²) in [4.78, 5) is 21.5. The molecule has 168 valence electrons. The van der Waals surface area contributed by atoms with Gasteiger partial charge in [0, 0.05) is 47.3 Å². The number of benzene rings is 1. The Morgan fingerprint density at radius 1 is 0.906 bits per heavy atom. The Bertz CT molecular complexity index is 933. The number of rotatable bonds is 12. The first-order chi connectivity index (χ1) is 15.6. The average molecular weight is 447 g/mol. The summed E-state index contributed by atoms with van der Waals surface area (Å²) in [5.74, 6) is 1.16. The van der Waals surface area contributed by atoms with E-state index in [4.69, 9.17) is 0 Å². The van der Waals surface area contributed by atoms with Crippen molar-refractivity contribution >= 4 is 22.0 Å². The molecule has 2 N–H and O–H groups in total. The number of unbranched alkanes of at least 4 members (excludes halogenated alkanes) is 1. The zero-order valence-electron chi connectivity index (χ0n) is 19.1. The van der Waals surface area contributed by atoms with Crippen LogP contribution in [0, 0.1) is 5.92 Å². The number of aromatic nitrogens is 2. The van der Waals surface area contributed by atoms with Crippen molar-refractivity contribution in [2.75, 3.05) is 5.32 Å². The van der Waals surface area contributed by atoms with Crippen LogP contribution in [0.15, 0.2) is 73.1 Å². The maximum atomic E-state index is 12.8. The third-order valence-electron chi connectivity index (χ3n) is 5.69. The van der Waals surface area contributed by atoms with Crippen molar-refractivity contribution in [2.45, 2.75) is 51.2 Å². The van der Waals surface area contributed by atoms with Crippen LogP contribution in [0.4, 0.5) is 5.82 Å². The third kappa shape index (κ3) is 7.93. The van der Waals surface area contributed by atoms with E-state index in [9.17, 15) is 4.79 Å². The molecule has 0 aliphatic rings. The van der Waals surface area contributed by atoms with Gasteiger partial charge in [-0.05, 0) is 60.2 Å². The fourth-order valence-corrected chi connectivity index (χ4v) is 4.37. The van der Waals surface area contributed by atoms with Crippen LogP contribution in [0.5, 0.6) is 0 Å². The van der Waals surface area contributed by atoms with Crippen molar-refractivity contribution in [1.29, 1.82) is 0 Å². The highest BCUT2D eigenvalue weighted by atomic mass is 28.1. The van der Waals surface area contributed by atoms with Gasteiger partial charge in [-0.3, -0.25) is 9.78 Å². The molecule has 0 saturated carbocycles. The Morgan fingerprint density at radius 3 is 2.22 bits per heavy atom. The van der Waals surface area contributed by atoms with Crippen LogP contribution in [0.1, 0.15) is 43.0 Å². The number of nitrogens with zero attached hydrogens (tertiary/aromatic N) is 2. The van der Waals surface area contributed by atoms with E-state index in [1.165, 1.54) is 5.56 Å². The fourth-order valence-electron chi connectivity index (χ4n) is 3.74. The van der Waals surface area contributed by atoms with Gasteiger partial charge in [-0.25, -0.2) is 4.98 Å². The minimum Gasteiger partial charge on any atom is -0.366 e. The number of anilines is 1. The van der Waals surface area contributed by atoms with Crippen molar-refractivity contribution in [2.24, 2.45) is 5.92 Å². The van der Waals surface area contributed by atoms with Crippen molar-refractivity contribution in [3.63, 3.8) is 0 Å². The summed E-state index contributed by atoms with van der Waals surface area (Å²) < 4.78 is 0. The van der Waals surface area contributed by atoms with Crippen molar-refractivity contribution in [3.05, 3.63) is 89.9 Å². The summed E-state index contributed by atoms with van der Waals surface area (Å²) in [5.41, 5.74) is 3.90. The Kier molecular flexibility index (Phi) is 9.44. The Labute approximate surface area is 194 Å². The molecule has 32 heavy (non-hydrogen) atoms. The standard InChI is InChI=1S/C26H34N4OSi/c1-20(32)24(10-3-2-8-23-9-4-6-16-27-23)26(31)30-19-22-14-12-21(13-15-22)18-29-25-11-5-7-17-28-25/h4-7,9,11-17,20,24H,2-3,8,10,18-19H2,1,32H3,(H,28,29)(H,30,31)/t20?,24-/m0/s1. The molecule has 3 aromatic rings. The minimum atomic E-state index is 0.104. The fraction of sp³-hybridized carbons (Fsp3) is 0.346. The van der Waals surface area contributed by atoms with E-state index in [2.05, 4.69) is 57.9 Å². The highest BCUT2D eigenvalue weighted by Crippen LogP contribution is 2.22. The Morgan fingerprint density at radius 2 is 1.59 bits per heavy atom. The summed E-state index contributed by atoms with van der Waals surface area (Å²) in [5, 5.41) is 6.47. The molecule has 1 amide bonds. The lowest BCUT2D eigenvalue weighted by Gasteiger charge is -2.20. The third-order valence-corrected chi connectivity index (χ3v) is 6.50. The van der Waals surface area contributed by atoms with Crippen molar-refractivity contribution < 1.29 is 4.79 Å². The van der Waals surface area contributed by atoms with E-state index >= 15 is 0 Å². The normalized spacial score (nSPS) is 12.8. The molecule has 2 heterocycles. The maximum Gasteiger partial charge on any atom is 0.223 e. The number of amides is 1. The van der Waals surface area contributed by atoms with Crippen LogP contribution in [-0.4, -0.2) is 26.1 Å². The molecular formula is C26H34N4OSi. The zero-order valence-corrected chi connectivity index (χ0v) is 21.1. The monoisotopic (exact) mass is 446 g/mol. The molecule has 2 atom stereocenters. The van der Waals surface area contributed by atoms with E-state index in [-0.39, 0.29) is 11.8 Å². The van der Waals surface area contributed by atoms with Gasteiger partial charge in [0.2, 0.25) is 5.91 Å². The topological polar surface area (TPSA) is 66.9 Å². The van der Waals surface area contributed by atoms with E-state index < -0.39 is 0 Å². The predicted octanol–water partition coefficient (Wildman–Crippen LogP) is 3.91. The second kappa shape index (κ2) is 12.8. The molecule has 0 saturated heterocycles. The molecule has 0 fully saturated rings. The first-order valence-electron chi connectivity index (χ1n) is 11.5. The number of nitrogens with one attached hydrogen (secondary N) is 2. The summed E-state index contributed by atoms with van der Waals surface area (Å²) >= 11 is 0. The summed E-state index contributed by atoms with van der Waals surface area (Å²) in [7, 11) is 1.02. The van der Waals surface area contributed by atoms with Gasteiger partial charge < -0.3 is 10.6 Å². The Balaban J connectivity index is 1.40. The van der Waals surface area contributed by atoms with Crippen LogP contribution in [-0.2, 0) is 24.3 Å². The number of hydrogen-bond donors (Lipinski definition) is 2. The van der Waals surface area contributed by atoms with Crippen LogP contribution >= 0.6 is 0 Å². The van der Waals surface area contributed by atoms with E-state index in [1.54, 1.807) is 6.20 Å². The summed E-state index contributed by atoms with van der Waals surface area (Å²) in [6.45, 7) is 3.49. The van der Waals surface area contributed by atoms with E-state index in [0.29, 0.717) is 12.1 Å². The second-order valence-corrected chi connectivity index (χ2v) is 10.3. The van der Waals surface area contributed by atoms with Gasteiger partial charge in [0.1, 0.15) is 5.82 Å². The first-order valence-corrected chi connectivity index (χ1v) is 12.7. The quantitative estimate of drug-likeness (QED) is 0.327. The molecule has 0 spiro atoms. The van der Waals surface area contributed by atoms with Gasteiger partial charge in [-0.15, -0.1) is 0 Å². The lowest BCUT2D eigenvalue weighted by Crippen LogP contribution is -2.32. The molecule has 0 bridgehead atoms. The van der Waals surface area contributed by atoms with Gasteiger partial charge in [-0.1, -0.05) is 49.7 Å². The smallest absolute Gasteiger partial charge is 0.223 e. The van der Waals surface area contributed by atoms with Gasteiger partial charge in [0.25, 0.3) is 0 Å². The zero-order chi connectivity index (χ0) is 22.6. The van der Waals surface area contributed by atoms with Gasteiger partial charge in [-0.2, -0.15) is 0 Å². The van der Waals surface area contributed by atoms with Crippen LogP contribution in [0.2, 0.25) is 5.54 Å². The predicted molar refractivity (Wildman–Crippen MR) is 134 cm³/mol. The average Bonchev–Trinajstić information content (AvgIpc) is 2.83.